The molecule has 0 spiro atoms. The molecule has 2 heterocycles. The van der Waals surface area contributed by atoms with Gasteiger partial charge in [-0.25, -0.2) is 4.98 Å². The highest BCUT2D eigenvalue weighted by Crippen LogP contribution is 2.21. The highest BCUT2D eigenvalue weighted by Gasteiger charge is 2.20. The maximum Gasteiger partial charge on any atom is 0.258 e. The quantitative estimate of drug-likeness (QED) is 0.787. The van der Waals surface area contributed by atoms with E-state index in [0.29, 0.717) is 23.3 Å². The van der Waals surface area contributed by atoms with Crippen LogP contribution in [0.25, 0.3) is 10.9 Å². The molecule has 6 nitrogen and oxygen atoms in total. The first-order valence-corrected chi connectivity index (χ1v) is 8.69. The molecule has 1 aliphatic heterocycles. The first-order chi connectivity index (χ1) is 12.7. The van der Waals surface area contributed by atoms with E-state index in [2.05, 4.69) is 25.8 Å². The third-order valence-electron chi connectivity index (χ3n) is 4.77. The Balaban J connectivity index is 1.46. The molecular formula is C20H19N5O. The zero-order chi connectivity index (χ0) is 17.9. The van der Waals surface area contributed by atoms with Crippen molar-refractivity contribution in [1.82, 2.24) is 14.9 Å². The molecule has 1 aliphatic rings. The van der Waals surface area contributed by atoms with Gasteiger partial charge in [0.05, 0.1) is 28.7 Å². The van der Waals surface area contributed by atoms with Crippen LogP contribution >= 0.6 is 0 Å². The van der Waals surface area contributed by atoms with E-state index in [-0.39, 0.29) is 5.56 Å². The van der Waals surface area contributed by atoms with E-state index in [1.54, 1.807) is 6.07 Å². The number of anilines is 1. The zero-order valence-corrected chi connectivity index (χ0v) is 14.4. The molecule has 0 bridgehead atoms. The zero-order valence-electron chi connectivity index (χ0n) is 14.4. The number of hydrogen-bond acceptors (Lipinski definition) is 5. The number of piperazine rings is 1. The first kappa shape index (κ1) is 16.3. The number of aromatic amines is 1. The van der Waals surface area contributed by atoms with E-state index in [1.807, 2.05) is 42.5 Å². The molecule has 0 amide bonds. The van der Waals surface area contributed by atoms with Gasteiger partial charge in [0.2, 0.25) is 0 Å². The standard InChI is InChI=1S/C20H19N5O/c21-13-15-5-1-4-8-18(15)25-11-9-24(10-12-25)14-19-22-17-7-3-2-6-16(17)20(26)23-19/h1-8H,9-12,14H2,(H,22,23,26). The molecule has 2 aromatic carbocycles. The maximum atomic E-state index is 12.2. The highest BCUT2D eigenvalue weighted by atomic mass is 16.1. The van der Waals surface area contributed by atoms with E-state index in [9.17, 15) is 10.1 Å². The van der Waals surface area contributed by atoms with E-state index in [1.165, 1.54) is 0 Å². The first-order valence-electron chi connectivity index (χ1n) is 8.69. The van der Waals surface area contributed by atoms with Gasteiger partial charge in [-0.15, -0.1) is 0 Å². The Morgan fingerprint density at radius 1 is 1.04 bits per heavy atom. The molecule has 1 fully saturated rings. The number of benzene rings is 2. The van der Waals surface area contributed by atoms with Gasteiger partial charge in [0.15, 0.2) is 0 Å². The summed E-state index contributed by atoms with van der Waals surface area (Å²) in [7, 11) is 0. The lowest BCUT2D eigenvalue weighted by Gasteiger charge is -2.36. The van der Waals surface area contributed by atoms with Crippen LogP contribution in [0, 0.1) is 11.3 Å². The number of rotatable bonds is 3. The number of fused-ring (bicyclic) bond motifs is 1. The fourth-order valence-electron chi connectivity index (χ4n) is 3.41. The average Bonchev–Trinajstić information content (AvgIpc) is 2.69. The van der Waals surface area contributed by atoms with Crippen LogP contribution in [0.15, 0.2) is 53.3 Å². The van der Waals surface area contributed by atoms with Crippen LogP contribution in [-0.2, 0) is 6.54 Å². The van der Waals surface area contributed by atoms with Gasteiger partial charge < -0.3 is 9.88 Å². The van der Waals surface area contributed by atoms with E-state index in [4.69, 9.17) is 0 Å². The van der Waals surface area contributed by atoms with E-state index in [0.717, 1.165) is 37.4 Å². The summed E-state index contributed by atoms with van der Waals surface area (Å²) in [5.74, 6) is 0.694. The Hall–Kier alpha value is -3.17. The van der Waals surface area contributed by atoms with Crippen molar-refractivity contribution in [3.05, 3.63) is 70.3 Å². The van der Waals surface area contributed by atoms with Gasteiger partial charge in [0.1, 0.15) is 11.9 Å². The number of nitrogens with one attached hydrogen (secondary N) is 1. The second-order valence-corrected chi connectivity index (χ2v) is 6.42. The summed E-state index contributed by atoms with van der Waals surface area (Å²) < 4.78 is 0. The third-order valence-corrected chi connectivity index (χ3v) is 4.77. The lowest BCUT2D eigenvalue weighted by atomic mass is 10.1. The molecule has 3 aromatic rings. The number of nitriles is 1. The second kappa shape index (κ2) is 6.98. The molecule has 0 atom stereocenters. The van der Waals surface area contributed by atoms with Gasteiger partial charge >= 0.3 is 0 Å². The van der Waals surface area contributed by atoms with Crippen molar-refractivity contribution in [2.75, 3.05) is 31.1 Å². The number of nitrogens with zero attached hydrogens (tertiary/aromatic N) is 4. The average molecular weight is 345 g/mol. The lowest BCUT2D eigenvalue weighted by molar-refractivity contribution is 0.244. The molecule has 6 heteroatoms. The second-order valence-electron chi connectivity index (χ2n) is 6.42. The normalized spacial score (nSPS) is 15.1. The van der Waals surface area contributed by atoms with Crippen LogP contribution in [-0.4, -0.2) is 41.0 Å². The molecule has 130 valence electrons. The number of para-hydroxylation sites is 2. The number of hydrogen-bond donors (Lipinski definition) is 1. The summed E-state index contributed by atoms with van der Waals surface area (Å²) in [5, 5.41) is 9.90. The van der Waals surface area contributed by atoms with Crippen LogP contribution < -0.4 is 10.5 Å². The maximum absolute atomic E-state index is 12.2. The minimum atomic E-state index is -0.0906. The summed E-state index contributed by atoms with van der Waals surface area (Å²) in [6, 6.07) is 17.4. The van der Waals surface area contributed by atoms with Gasteiger partial charge in [0, 0.05) is 26.2 Å². The SMILES string of the molecule is N#Cc1ccccc1N1CCN(Cc2nc3ccccc3c(=O)[nH]2)CC1. The fourth-order valence-corrected chi connectivity index (χ4v) is 3.41. The summed E-state index contributed by atoms with van der Waals surface area (Å²) in [6.07, 6.45) is 0. The molecular weight excluding hydrogens is 326 g/mol. The minimum absolute atomic E-state index is 0.0906. The summed E-state index contributed by atoms with van der Waals surface area (Å²) in [6.45, 7) is 4.02. The molecule has 1 N–H and O–H groups in total. The van der Waals surface area contributed by atoms with Crippen molar-refractivity contribution >= 4 is 16.6 Å². The monoisotopic (exact) mass is 345 g/mol. The minimum Gasteiger partial charge on any atom is -0.368 e. The molecule has 1 aromatic heterocycles. The van der Waals surface area contributed by atoms with Crippen molar-refractivity contribution in [2.24, 2.45) is 0 Å². The third kappa shape index (κ3) is 3.17. The Morgan fingerprint density at radius 3 is 2.58 bits per heavy atom. The van der Waals surface area contributed by atoms with Crippen molar-refractivity contribution < 1.29 is 0 Å². The Morgan fingerprint density at radius 2 is 1.77 bits per heavy atom. The number of aromatic nitrogens is 2. The largest absolute Gasteiger partial charge is 0.368 e. The fraction of sp³-hybridized carbons (Fsp3) is 0.250. The molecule has 0 radical (unpaired) electrons. The Bertz CT molecular complexity index is 1030. The lowest BCUT2D eigenvalue weighted by Crippen LogP contribution is -2.46. The molecule has 4 rings (SSSR count). The van der Waals surface area contributed by atoms with Crippen molar-refractivity contribution in [3.8, 4) is 6.07 Å². The van der Waals surface area contributed by atoms with Crippen LogP contribution in [0.3, 0.4) is 0 Å². The molecule has 0 saturated carbocycles. The van der Waals surface area contributed by atoms with Gasteiger partial charge in [-0.05, 0) is 24.3 Å². The van der Waals surface area contributed by atoms with Crippen molar-refractivity contribution in [1.29, 1.82) is 5.26 Å². The summed E-state index contributed by atoms with van der Waals surface area (Å²) >= 11 is 0. The van der Waals surface area contributed by atoms with Crippen LogP contribution in [0.5, 0.6) is 0 Å². The highest BCUT2D eigenvalue weighted by molar-refractivity contribution is 5.77. The Labute approximate surface area is 151 Å². The van der Waals surface area contributed by atoms with E-state index >= 15 is 0 Å². The van der Waals surface area contributed by atoms with Gasteiger partial charge in [0.25, 0.3) is 5.56 Å². The van der Waals surface area contributed by atoms with Gasteiger partial charge in [-0.1, -0.05) is 24.3 Å². The van der Waals surface area contributed by atoms with Gasteiger partial charge in [-0.2, -0.15) is 5.26 Å². The predicted octanol–water partition coefficient (Wildman–Crippen LogP) is 2.12. The van der Waals surface area contributed by atoms with Crippen molar-refractivity contribution in [3.63, 3.8) is 0 Å². The molecule has 1 saturated heterocycles. The Kier molecular flexibility index (Phi) is 4.38. The van der Waals surface area contributed by atoms with Crippen LogP contribution in [0.4, 0.5) is 5.69 Å². The molecule has 26 heavy (non-hydrogen) atoms. The van der Waals surface area contributed by atoms with Crippen molar-refractivity contribution in [2.45, 2.75) is 6.54 Å². The summed E-state index contributed by atoms with van der Waals surface area (Å²) in [5.41, 5.74) is 2.34. The molecule has 0 aliphatic carbocycles. The number of H-pyrrole nitrogens is 1. The predicted molar refractivity (Wildman–Crippen MR) is 101 cm³/mol. The summed E-state index contributed by atoms with van der Waals surface area (Å²) in [4.78, 5) is 24.2. The van der Waals surface area contributed by atoms with Crippen LogP contribution in [0.1, 0.15) is 11.4 Å². The van der Waals surface area contributed by atoms with E-state index < -0.39 is 0 Å². The molecule has 0 unspecified atom stereocenters. The smallest absolute Gasteiger partial charge is 0.258 e. The van der Waals surface area contributed by atoms with Gasteiger partial charge in [-0.3, -0.25) is 9.69 Å². The van der Waals surface area contributed by atoms with Crippen LogP contribution in [0.2, 0.25) is 0 Å². The topological polar surface area (TPSA) is 76.0 Å².